The lowest BCUT2D eigenvalue weighted by molar-refractivity contribution is -0.136. The van der Waals surface area contributed by atoms with Crippen molar-refractivity contribution in [1.82, 2.24) is 4.98 Å². The maximum Gasteiger partial charge on any atom is 0.389 e. The first-order valence-corrected chi connectivity index (χ1v) is 4.57. The molecule has 0 aliphatic carbocycles. The number of pyridine rings is 1. The van der Waals surface area contributed by atoms with Crippen LogP contribution in [0.25, 0.3) is 0 Å². The van der Waals surface area contributed by atoms with Gasteiger partial charge in [-0.05, 0) is 18.6 Å². The van der Waals surface area contributed by atoms with Gasteiger partial charge < -0.3 is 4.74 Å². The summed E-state index contributed by atoms with van der Waals surface area (Å²) in [6.07, 6.45) is -3.78. The number of aromatic nitrogens is 1. The summed E-state index contributed by atoms with van der Waals surface area (Å²) in [7, 11) is 0. The van der Waals surface area contributed by atoms with Gasteiger partial charge in [-0.15, -0.1) is 0 Å². The second-order valence-electron chi connectivity index (χ2n) is 3.03. The van der Waals surface area contributed by atoms with Gasteiger partial charge in [0.1, 0.15) is 6.07 Å². The third-order valence-electron chi connectivity index (χ3n) is 1.74. The van der Waals surface area contributed by atoms with Crippen LogP contribution in [0.2, 0.25) is 0 Å². The van der Waals surface area contributed by atoms with E-state index in [0.29, 0.717) is 0 Å². The Kier molecular flexibility index (Phi) is 4.11. The minimum atomic E-state index is -4.17. The average molecular weight is 230 g/mol. The lowest BCUT2D eigenvalue weighted by Crippen LogP contribution is -2.10. The first-order chi connectivity index (χ1) is 7.53. The molecule has 16 heavy (non-hydrogen) atoms. The van der Waals surface area contributed by atoms with Crippen molar-refractivity contribution in [3.05, 3.63) is 24.0 Å². The summed E-state index contributed by atoms with van der Waals surface area (Å²) < 4.78 is 40.5. The second-order valence-corrected chi connectivity index (χ2v) is 3.03. The average Bonchev–Trinajstić information content (AvgIpc) is 2.23. The van der Waals surface area contributed by atoms with E-state index in [1.807, 2.05) is 0 Å². The molecule has 3 nitrogen and oxygen atoms in total. The molecule has 0 unspecified atom stereocenters. The van der Waals surface area contributed by atoms with Crippen LogP contribution in [-0.2, 0) is 0 Å². The topological polar surface area (TPSA) is 45.9 Å². The second kappa shape index (κ2) is 5.35. The van der Waals surface area contributed by atoms with Crippen LogP contribution < -0.4 is 4.74 Å². The number of nitriles is 1. The van der Waals surface area contributed by atoms with E-state index in [0.717, 1.165) is 0 Å². The van der Waals surface area contributed by atoms with Crippen LogP contribution >= 0.6 is 0 Å². The van der Waals surface area contributed by atoms with E-state index in [9.17, 15) is 13.2 Å². The van der Waals surface area contributed by atoms with Crippen molar-refractivity contribution in [2.24, 2.45) is 0 Å². The number of hydrogen-bond acceptors (Lipinski definition) is 3. The Morgan fingerprint density at radius 2 is 2.19 bits per heavy atom. The molecule has 0 saturated carbocycles. The van der Waals surface area contributed by atoms with Gasteiger partial charge in [-0.1, -0.05) is 0 Å². The summed E-state index contributed by atoms with van der Waals surface area (Å²) in [6, 6.07) is 4.85. The summed E-state index contributed by atoms with van der Waals surface area (Å²) in [6.45, 7) is -0.0834. The molecule has 0 aromatic carbocycles. The van der Waals surface area contributed by atoms with Crippen LogP contribution in [0.4, 0.5) is 13.2 Å². The summed E-state index contributed by atoms with van der Waals surface area (Å²) >= 11 is 0. The molecule has 0 amide bonds. The molecule has 1 aromatic rings. The van der Waals surface area contributed by atoms with Crippen LogP contribution in [-0.4, -0.2) is 17.8 Å². The Labute approximate surface area is 90.5 Å². The molecule has 6 heteroatoms. The molecule has 1 aromatic heterocycles. The first-order valence-electron chi connectivity index (χ1n) is 4.57. The number of rotatable bonds is 4. The molecular weight excluding hydrogens is 221 g/mol. The minimum Gasteiger partial charge on any atom is -0.491 e. The van der Waals surface area contributed by atoms with Crippen molar-refractivity contribution in [3.8, 4) is 11.8 Å². The highest BCUT2D eigenvalue weighted by molar-refractivity contribution is 5.36. The van der Waals surface area contributed by atoms with E-state index in [1.54, 1.807) is 12.1 Å². The van der Waals surface area contributed by atoms with Crippen molar-refractivity contribution in [2.45, 2.75) is 19.0 Å². The monoisotopic (exact) mass is 230 g/mol. The zero-order chi connectivity index (χ0) is 12.0. The van der Waals surface area contributed by atoms with Gasteiger partial charge in [0.25, 0.3) is 0 Å². The molecule has 1 heterocycles. The fourth-order valence-electron chi connectivity index (χ4n) is 1.05. The van der Waals surface area contributed by atoms with Gasteiger partial charge >= 0.3 is 6.18 Å². The summed E-state index contributed by atoms with van der Waals surface area (Å²) in [5.41, 5.74) is 0.0782. The minimum absolute atomic E-state index is 0.0782. The van der Waals surface area contributed by atoms with E-state index < -0.39 is 12.6 Å². The van der Waals surface area contributed by atoms with Gasteiger partial charge in [0.15, 0.2) is 11.4 Å². The summed E-state index contributed by atoms with van der Waals surface area (Å²) in [4.78, 5) is 3.72. The smallest absolute Gasteiger partial charge is 0.389 e. The molecule has 86 valence electrons. The van der Waals surface area contributed by atoms with Crippen molar-refractivity contribution >= 4 is 0 Å². The zero-order valence-electron chi connectivity index (χ0n) is 8.29. The lowest BCUT2D eigenvalue weighted by atomic mass is 10.3. The quantitative estimate of drug-likeness (QED) is 0.747. The van der Waals surface area contributed by atoms with E-state index in [-0.39, 0.29) is 24.5 Å². The van der Waals surface area contributed by atoms with E-state index in [1.165, 1.54) is 12.3 Å². The molecule has 0 N–H and O–H groups in total. The SMILES string of the molecule is N#Cc1ncccc1OCCCC(F)(F)F. The maximum atomic E-state index is 11.8. The molecule has 0 radical (unpaired) electrons. The Balaban J connectivity index is 2.41. The molecule has 0 saturated heterocycles. The van der Waals surface area contributed by atoms with Gasteiger partial charge in [-0.2, -0.15) is 18.4 Å². The van der Waals surface area contributed by atoms with Crippen LogP contribution in [0.5, 0.6) is 5.75 Å². The van der Waals surface area contributed by atoms with E-state index in [2.05, 4.69) is 4.98 Å². The Morgan fingerprint density at radius 3 is 2.81 bits per heavy atom. The normalized spacial score (nSPS) is 10.9. The van der Waals surface area contributed by atoms with Crippen molar-refractivity contribution < 1.29 is 17.9 Å². The molecule has 0 aliphatic rings. The Bertz CT molecular complexity index is 384. The molecule has 1 rings (SSSR count). The van der Waals surface area contributed by atoms with Crippen LogP contribution in [0, 0.1) is 11.3 Å². The summed E-state index contributed by atoms with van der Waals surface area (Å²) in [5, 5.41) is 8.63. The number of ether oxygens (including phenoxy) is 1. The predicted octanol–water partition coefficient (Wildman–Crippen LogP) is 2.67. The van der Waals surface area contributed by atoms with Crippen LogP contribution in [0.1, 0.15) is 18.5 Å². The van der Waals surface area contributed by atoms with Gasteiger partial charge in [0.05, 0.1) is 6.61 Å². The zero-order valence-corrected chi connectivity index (χ0v) is 8.29. The number of nitrogens with zero attached hydrogens (tertiary/aromatic N) is 2. The van der Waals surface area contributed by atoms with Crippen molar-refractivity contribution in [3.63, 3.8) is 0 Å². The summed E-state index contributed by atoms with van der Waals surface area (Å²) in [5.74, 6) is 0.215. The van der Waals surface area contributed by atoms with Crippen LogP contribution in [0.15, 0.2) is 18.3 Å². The van der Waals surface area contributed by atoms with Gasteiger partial charge in [0, 0.05) is 12.6 Å². The Morgan fingerprint density at radius 1 is 1.44 bits per heavy atom. The number of hydrogen-bond donors (Lipinski definition) is 0. The molecule has 0 spiro atoms. The Hall–Kier alpha value is -1.77. The molecular formula is C10H9F3N2O. The van der Waals surface area contributed by atoms with E-state index >= 15 is 0 Å². The van der Waals surface area contributed by atoms with Crippen molar-refractivity contribution in [2.75, 3.05) is 6.61 Å². The van der Waals surface area contributed by atoms with Gasteiger partial charge in [0.2, 0.25) is 0 Å². The van der Waals surface area contributed by atoms with Crippen LogP contribution in [0.3, 0.4) is 0 Å². The lowest BCUT2D eigenvalue weighted by Gasteiger charge is -2.08. The third-order valence-corrected chi connectivity index (χ3v) is 1.74. The highest BCUT2D eigenvalue weighted by Gasteiger charge is 2.26. The largest absolute Gasteiger partial charge is 0.491 e. The highest BCUT2D eigenvalue weighted by atomic mass is 19.4. The number of alkyl halides is 3. The molecule has 0 atom stereocenters. The fraction of sp³-hybridized carbons (Fsp3) is 0.400. The highest BCUT2D eigenvalue weighted by Crippen LogP contribution is 2.22. The van der Waals surface area contributed by atoms with E-state index in [4.69, 9.17) is 10.00 Å². The fourth-order valence-corrected chi connectivity index (χ4v) is 1.05. The standard InChI is InChI=1S/C10H9F3N2O/c11-10(12,13)4-2-6-16-9-3-1-5-15-8(9)7-14/h1,3,5H,2,4,6H2. The van der Waals surface area contributed by atoms with Gasteiger partial charge in [-0.3, -0.25) is 0 Å². The molecule has 0 fully saturated rings. The predicted molar refractivity (Wildman–Crippen MR) is 49.7 cm³/mol. The third kappa shape index (κ3) is 4.17. The van der Waals surface area contributed by atoms with Crippen molar-refractivity contribution in [1.29, 1.82) is 5.26 Å². The number of halogens is 3. The maximum absolute atomic E-state index is 11.8. The first kappa shape index (κ1) is 12.3. The molecule has 0 bridgehead atoms. The molecule has 0 aliphatic heterocycles. The van der Waals surface area contributed by atoms with Gasteiger partial charge in [-0.25, -0.2) is 4.98 Å².